The Morgan fingerprint density at radius 3 is 1.50 bits per heavy atom. The first-order valence-corrected chi connectivity index (χ1v) is 11.3. The average Bonchev–Trinajstić information content (AvgIpc) is 3.18. The molecule has 0 radical (unpaired) electrons. The van der Waals surface area contributed by atoms with Crippen LogP contribution in [0.25, 0.3) is 0 Å². The number of rotatable bonds is 4. The van der Waals surface area contributed by atoms with Gasteiger partial charge < -0.3 is 18.9 Å². The third kappa shape index (κ3) is 3.76. The fourth-order valence-electron chi connectivity index (χ4n) is 5.11. The van der Waals surface area contributed by atoms with Gasteiger partial charge in [-0.2, -0.15) is 0 Å². The van der Waals surface area contributed by atoms with E-state index in [2.05, 4.69) is 53.4 Å². The van der Waals surface area contributed by atoms with E-state index in [0.717, 1.165) is 17.7 Å². The van der Waals surface area contributed by atoms with E-state index < -0.39 is 0 Å². The molecule has 3 aliphatic rings. The zero-order chi connectivity index (χ0) is 21.3. The molecule has 3 aliphatic heterocycles. The first-order chi connectivity index (χ1) is 15.9. The fourth-order valence-corrected chi connectivity index (χ4v) is 5.11. The summed E-state index contributed by atoms with van der Waals surface area (Å²) in [6.45, 7) is 2.02. The standard InChI is InChI=1S/C27H27NO4/c1-4-10-19(11-5-1)16-28-22-17-29-26(20-12-6-2-7-13-20)31-24(22)25-23(28)18-30-27(32-25)21-14-8-3-9-15-21/h1-15,22-27H,16-18H2/t22-,23-,24+,25+,26-,27-/m0/s1. The number of ether oxygens (including phenoxy) is 4. The maximum Gasteiger partial charge on any atom is 0.184 e. The Kier molecular flexibility index (Phi) is 5.51. The Hall–Kier alpha value is -2.54. The van der Waals surface area contributed by atoms with Crippen molar-refractivity contribution in [1.82, 2.24) is 4.90 Å². The van der Waals surface area contributed by atoms with Gasteiger partial charge in [-0.1, -0.05) is 91.0 Å². The summed E-state index contributed by atoms with van der Waals surface area (Å²) in [5.41, 5.74) is 3.34. The molecule has 5 heteroatoms. The second kappa shape index (κ2) is 8.77. The van der Waals surface area contributed by atoms with Crippen molar-refractivity contribution in [2.45, 2.75) is 43.4 Å². The summed E-state index contributed by atoms with van der Waals surface area (Å²) >= 11 is 0. The van der Waals surface area contributed by atoms with Crippen LogP contribution in [0, 0.1) is 0 Å². The second-order valence-electron chi connectivity index (χ2n) is 8.65. The summed E-state index contributed by atoms with van der Waals surface area (Å²) in [7, 11) is 0. The zero-order valence-corrected chi connectivity index (χ0v) is 17.8. The van der Waals surface area contributed by atoms with E-state index in [9.17, 15) is 0 Å². The number of nitrogens with zero attached hydrogens (tertiary/aromatic N) is 1. The molecule has 0 spiro atoms. The molecule has 3 heterocycles. The summed E-state index contributed by atoms with van der Waals surface area (Å²) in [5, 5.41) is 0. The predicted octanol–water partition coefficient (Wildman–Crippen LogP) is 4.47. The maximum absolute atomic E-state index is 6.57. The van der Waals surface area contributed by atoms with Crippen molar-refractivity contribution in [3.8, 4) is 0 Å². The highest BCUT2D eigenvalue weighted by atomic mass is 16.7. The second-order valence-corrected chi connectivity index (χ2v) is 8.65. The van der Waals surface area contributed by atoms with Crippen LogP contribution in [0.15, 0.2) is 91.0 Å². The van der Waals surface area contributed by atoms with Crippen LogP contribution in [0.3, 0.4) is 0 Å². The van der Waals surface area contributed by atoms with E-state index in [1.165, 1.54) is 5.56 Å². The topological polar surface area (TPSA) is 40.2 Å². The van der Waals surface area contributed by atoms with Crippen LogP contribution in [-0.4, -0.2) is 42.4 Å². The molecule has 3 aromatic carbocycles. The highest BCUT2D eigenvalue weighted by Gasteiger charge is 2.56. The van der Waals surface area contributed by atoms with Crippen LogP contribution >= 0.6 is 0 Å². The van der Waals surface area contributed by atoms with Crippen molar-refractivity contribution in [2.75, 3.05) is 13.2 Å². The van der Waals surface area contributed by atoms with Crippen molar-refractivity contribution in [3.05, 3.63) is 108 Å². The molecular weight excluding hydrogens is 402 g/mol. The molecule has 0 aromatic heterocycles. The van der Waals surface area contributed by atoms with E-state index in [1.54, 1.807) is 0 Å². The van der Waals surface area contributed by atoms with Gasteiger partial charge in [-0.25, -0.2) is 0 Å². The van der Waals surface area contributed by atoms with Gasteiger partial charge in [-0.15, -0.1) is 0 Å². The lowest BCUT2D eigenvalue weighted by molar-refractivity contribution is -0.278. The average molecular weight is 430 g/mol. The summed E-state index contributed by atoms with van der Waals surface area (Å²) < 4.78 is 25.6. The van der Waals surface area contributed by atoms with Crippen molar-refractivity contribution >= 4 is 0 Å². The Morgan fingerprint density at radius 1 is 0.594 bits per heavy atom. The molecule has 3 fully saturated rings. The van der Waals surface area contributed by atoms with Crippen LogP contribution in [-0.2, 0) is 25.5 Å². The monoisotopic (exact) mass is 429 g/mol. The van der Waals surface area contributed by atoms with E-state index >= 15 is 0 Å². The Balaban J connectivity index is 1.28. The Morgan fingerprint density at radius 2 is 1.03 bits per heavy atom. The summed E-state index contributed by atoms with van der Waals surface area (Å²) in [6.07, 6.45) is -0.927. The predicted molar refractivity (Wildman–Crippen MR) is 120 cm³/mol. The molecule has 0 N–H and O–H groups in total. The zero-order valence-electron chi connectivity index (χ0n) is 17.8. The minimum Gasteiger partial charge on any atom is -0.347 e. The smallest absolute Gasteiger partial charge is 0.184 e. The van der Waals surface area contributed by atoms with Crippen molar-refractivity contribution in [2.24, 2.45) is 0 Å². The van der Waals surface area contributed by atoms with E-state index in [1.807, 2.05) is 42.5 Å². The van der Waals surface area contributed by atoms with Gasteiger partial charge in [0.25, 0.3) is 0 Å². The van der Waals surface area contributed by atoms with E-state index in [4.69, 9.17) is 18.9 Å². The molecule has 0 amide bonds. The van der Waals surface area contributed by atoms with E-state index in [0.29, 0.717) is 13.2 Å². The van der Waals surface area contributed by atoms with Crippen molar-refractivity contribution in [1.29, 1.82) is 0 Å². The van der Waals surface area contributed by atoms with Gasteiger partial charge in [0.05, 0.1) is 25.3 Å². The quantitative estimate of drug-likeness (QED) is 0.612. The van der Waals surface area contributed by atoms with Crippen LogP contribution in [0.2, 0.25) is 0 Å². The fraction of sp³-hybridized carbons (Fsp3) is 0.333. The molecule has 5 nitrogen and oxygen atoms in total. The molecule has 164 valence electrons. The van der Waals surface area contributed by atoms with Crippen LogP contribution < -0.4 is 0 Å². The molecule has 6 atom stereocenters. The summed E-state index contributed by atoms with van der Waals surface area (Å²) in [5.74, 6) is 0. The minimum absolute atomic E-state index is 0.0854. The lowest BCUT2D eigenvalue weighted by Crippen LogP contribution is -2.47. The molecule has 3 aromatic rings. The third-order valence-electron chi connectivity index (χ3n) is 6.68. The van der Waals surface area contributed by atoms with Crippen LogP contribution in [0.4, 0.5) is 0 Å². The number of likely N-dealkylation sites (tertiary alicyclic amines) is 1. The van der Waals surface area contributed by atoms with Crippen LogP contribution in [0.1, 0.15) is 29.3 Å². The van der Waals surface area contributed by atoms with Crippen molar-refractivity contribution in [3.63, 3.8) is 0 Å². The summed E-state index contributed by atoms with van der Waals surface area (Å²) in [6, 6.07) is 31.1. The van der Waals surface area contributed by atoms with Gasteiger partial charge in [0.15, 0.2) is 12.6 Å². The first-order valence-electron chi connectivity index (χ1n) is 11.3. The highest BCUT2D eigenvalue weighted by molar-refractivity contribution is 5.21. The lowest BCUT2D eigenvalue weighted by atomic mass is 10.0. The van der Waals surface area contributed by atoms with E-state index in [-0.39, 0.29) is 36.9 Å². The number of benzene rings is 3. The van der Waals surface area contributed by atoms with Crippen molar-refractivity contribution < 1.29 is 18.9 Å². The Bertz CT molecular complexity index is 952. The molecule has 6 rings (SSSR count). The molecule has 0 bridgehead atoms. The first kappa shape index (κ1) is 20.1. The number of hydrogen-bond acceptors (Lipinski definition) is 5. The lowest BCUT2D eigenvalue weighted by Gasteiger charge is -2.37. The maximum atomic E-state index is 6.57. The number of hydrogen-bond donors (Lipinski definition) is 0. The SMILES string of the molecule is c1ccc(CN2[C@H]3CO[C@H](c4ccccc4)O[C@H]3[C@@H]3O[C@@H](c4ccccc4)OC[C@@H]32)cc1. The molecule has 3 saturated heterocycles. The molecule has 0 saturated carbocycles. The third-order valence-corrected chi connectivity index (χ3v) is 6.68. The molecule has 0 unspecified atom stereocenters. The molecule has 32 heavy (non-hydrogen) atoms. The van der Waals surface area contributed by atoms with Gasteiger partial charge in [0.2, 0.25) is 0 Å². The Labute approximate surface area is 188 Å². The van der Waals surface area contributed by atoms with Gasteiger partial charge >= 0.3 is 0 Å². The molecular formula is C27H27NO4. The number of fused-ring (bicyclic) bond motifs is 3. The summed E-state index contributed by atoms with van der Waals surface area (Å²) in [4.78, 5) is 2.45. The largest absolute Gasteiger partial charge is 0.347 e. The highest BCUT2D eigenvalue weighted by Crippen LogP contribution is 2.43. The van der Waals surface area contributed by atoms with Crippen LogP contribution in [0.5, 0.6) is 0 Å². The minimum atomic E-state index is -0.378. The normalized spacial score (nSPS) is 32.2. The van der Waals surface area contributed by atoms with Gasteiger partial charge in [0, 0.05) is 17.7 Å². The van der Waals surface area contributed by atoms with Gasteiger partial charge in [-0.3, -0.25) is 4.90 Å². The van der Waals surface area contributed by atoms with Gasteiger partial charge in [0.1, 0.15) is 12.2 Å². The van der Waals surface area contributed by atoms with Gasteiger partial charge in [-0.05, 0) is 5.56 Å². The molecule has 0 aliphatic carbocycles.